The molecular weight excluding hydrogens is 687 g/mol. The van der Waals surface area contributed by atoms with Crippen LogP contribution in [0.3, 0.4) is 0 Å². The molecule has 0 saturated carbocycles. The molecule has 2 aromatic heterocycles. The first-order valence-corrected chi connectivity index (χ1v) is 19.5. The Bertz CT molecular complexity index is 3220. The summed E-state index contributed by atoms with van der Waals surface area (Å²) in [6, 6.07) is 72.2. The summed E-state index contributed by atoms with van der Waals surface area (Å²) in [5.41, 5.74) is 12.2. The molecule has 0 aliphatic rings. The number of benzene rings is 9. The Balaban J connectivity index is 1.11. The lowest BCUT2D eigenvalue weighted by molar-refractivity contribution is 0.669. The first-order chi connectivity index (χ1) is 27.3. The number of fused-ring (bicyclic) bond motifs is 7. The third kappa shape index (κ3) is 5.24. The van der Waals surface area contributed by atoms with Crippen molar-refractivity contribution in [3.63, 3.8) is 0 Å². The largest absolute Gasteiger partial charge is 0.456 e. The smallest absolute Gasteiger partial charge is 0.137 e. The molecule has 0 bridgehead atoms. The van der Waals surface area contributed by atoms with Gasteiger partial charge in [0.1, 0.15) is 11.2 Å². The molecule has 258 valence electrons. The Morgan fingerprint density at radius 1 is 0.364 bits per heavy atom. The lowest BCUT2D eigenvalue weighted by atomic mass is 9.94. The number of thiophene rings is 1. The van der Waals surface area contributed by atoms with E-state index in [2.05, 4.69) is 199 Å². The van der Waals surface area contributed by atoms with Crippen LogP contribution < -0.4 is 4.90 Å². The van der Waals surface area contributed by atoms with E-state index >= 15 is 0 Å². The van der Waals surface area contributed by atoms with Crippen molar-refractivity contribution in [3.05, 3.63) is 200 Å². The molecule has 0 spiro atoms. The number of rotatable bonds is 6. The standard InChI is InChI=1S/C52H33NOS/c1-2-17-39-34(13-1)14-10-21-40(39)36-15-9-16-37(33-36)41-18-3-6-23-45(41)53(46-24-12-26-48-52(46)43-19-4-7-25-47(43)54-48)38-31-29-35(30-32-38)42-22-11-28-50-51(42)44-20-5-8-27-49(44)55-50/h1-33H. The molecule has 0 aliphatic heterocycles. The zero-order chi connectivity index (χ0) is 36.3. The number of anilines is 3. The van der Waals surface area contributed by atoms with Crippen molar-refractivity contribution < 1.29 is 4.42 Å². The number of para-hydroxylation sites is 2. The summed E-state index contributed by atoms with van der Waals surface area (Å²) >= 11 is 1.86. The van der Waals surface area contributed by atoms with Crippen LogP contribution in [0, 0.1) is 0 Å². The van der Waals surface area contributed by atoms with Gasteiger partial charge in [0.2, 0.25) is 0 Å². The summed E-state index contributed by atoms with van der Waals surface area (Å²) in [6.45, 7) is 0. The molecule has 11 aromatic rings. The Morgan fingerprint density at radius 2 is 0.964 bits per heavy atom. The van der Waals surface area contributed by atoms with E-state index in [4.69, 9.17) is 4.42 Å². The van der Waals surface area contributed by atoms with Crippen LogP contribution in [-0.4, -0.2) is 0 Å². The molecular formula is C52H33NOS. The molecule has 0 fully saturated rings. The van der Waals surface area contributed by atoms with Crippen LogP contribution in [0.1, 0.15) is 0 Å². The van der Waals surface area contributed by atoms with Gasteiger partial charge in [-0.15, -0.1) is 11.3 Å². The van der Waals surface area contributed by atoms with Crippen LogP contribution in [0.15, 0.2) is 205 Å². The van der Waals surface area contributed by atoms with Crippen LogP contribution in [0.5, 0.6) is 0 Å². The summed E-state index contributed by atoms with van der Waals surface area (Å²) in [5, 5.41) is 7.31. The maximum Gasteiger partial charge on any atom is 0.137 e. The molecule has 55 heavy (non-hydrogen) atoms. The number of furan rings is 1. The highest BCUT2D eigenvalue weighted by Gasteiger charge is 2.22. The highest BCUT2D eigenvalue weighted by molar-refractivity contribution is 7.25. The highest BCUT2D eigenvalue weighted by Crippen LogP contribution is 2.47. The van der Waals surface area contributed by atoms with Crippen molar-refractivity contribution in [2.24, 2.45) is 0 Å². The van der Waals surface area contributed by atoms with Crippen molar-refractivity contribution in [1.82, 2.24) is 0 Å². The second kappa shape index (κ2) is 12.9. The van der Waals surface area contributed by atoms with Crippen molar-refractivity contribution >= 4 is 81.3 Å². The average molecular weight is 720 g/mol. The average Bonchev–Trinajstić information content (AvgIpc) is 3.83. The molecule has 11 rings (SSSR count). The van der Waals surface area contributed by atoms with E-state index in [0.717, 1.165) is 50.1 Å². The predicted octanol–water partition coefficient (Wildman–Crippen LogP) is 15.6. The molecule has 0 saturated heterocycles. The summed E-state index contributed by atoms with van der Waals surface area (Å²) in [7, 11) is 0. The molecule has 0 unspecified atom stereocenters. The lowest BCUT2D eigenvalue weighted by Gasteiger charge is -2.29. The molecule has 0 atom stereocenters. The molecule has 2 nitrogen and oxygen atoms in total. The van der Waals surface area contributed by atoms with Crippen LogP contribution in [-0.2, 0) is 0 Å². The monoisotopic (exact) mass is 719 g/mol. The SMILES string of the molecule is c1cc(-c2ccccc2N(c2ccc(-c3cccc4sc5ccccc5c34)cc2)c2cccc3oc4ccccc4c23)cc(-c2cccc3ccccc23)c1. The fraction of sp³-hybridized carbons (Fsp3) is 0. The van der Waals surface area contributed by atoms with Gasteiger partial charge in [0.25, 0.3) is 0 Å². The third-order valence-corrected chi connectivity index (χ3v) is 12.0. The number of nitrogens with zero attached hydrogens (tertiary/aromatic N) is 1. The van der Waals surface area contributed by atoms with Gasteiger partial charge in [0, 0.05) is 36.8 Å². The van der Waals surface area contributed by atoms with E-state index in [0.29, 0.717) is 0 Å². The van der Waals surface area contributed by atoms with Crippen LogP contribution >= 0.6 is 11.3 Å². The Morgan fingerprint density at radius 3 is 1.87 bits per heavy atom. The minimum Gasteiger partial charge on any atom is -0.456 e. The second-order valence-electron chi connectivity index (χ2n) is 14.0. The lowest BCUT2D eigenvalue weighted by Crippen LogP contribution is -2.11. The summed E-state index contributed by atoms with van der Waals surface area (Å²) in [5.74, 6) is 0. The van der Waals surface area contributed by atoms with Gasteiger partial charge in [0.15, 0.2) is 0 Å². The molecule has 0 amide bonds. The summed E-state index contributed by atoms with van der Waals surface area (Å²) in [6.07, 6.45) is 0. The Labute approximate surface area is 322 Å². The second-order valence-corrected chi connectivity index (χ2v) is 15.1. The fourth-order valence-corrected chi connectivity index (χ4v) is 9.53. The van der Waals surface area contributed by atoms with Crippen molar-refractivity contribution in [2.45, 2.75) is 0 Å². The quantitative estimate of drug-likeness (QED) is 0.170. The van der Waals surface area contributed by atoms with Gasteiger partial charge in [-0.3, -0.25) is 0 Å². The van der Waals surface area contributed by atoms with Gasteiger partial charge in [-0.2, -0.15) is 0 Å². The van der Waals surface area contributed by atoms with E-state index in [1.807, 2.05) is 17.4 Å². The molecule has 0 aliphatic carbocycles. The maximum atomic E-state index is 6.45. The third-order valence-electron chi connectivity index (χ3n) is 10.9. The first-order valence-electron chi connectivity index (χ1n) is 18.7. The molecule has 3 heteroatoms. The summed E-state index contributed by atoms with van der Waals surface area (Å²) in [4.78, 5) is 2.41. The van der Waals surface area contributed by atoms with Gasteiger partial charge < -0.3 is 9.32 Å². The van der Waals surface area contributed by atoms with E-state index in [1.54, 1.807) is 0 Å². The first kappa shape index (κ1) is 31.6. The van der Waals surface area contributed by atoms with E-state index in [-0.39, 0.29) is 0 Å². The number of hydrogen-bond donors (Lipinski definition) is 0. The number of hydrogen-bond acceptors (Lipinski definition) is 3. The van der Waals surface area contributed by atoms with Crippen LogP contribution in [0.4, 0.5) is 17.1 Å². The van der Waals surface area contributed by atoms with Gasteiger partial charge in [-0.05, 0) is 93.2 Å². The van der Waals surface area contributed by atoms with E-state index in [1.165, 1.54) is 53.2 Å². The zero-order valence-corrected chi connectivity index (χ0v) is 30.6. The van der Waals surface area contributed by atoms with Gasteiger partial charge in [0.05, 0.1) is 16.8 Å². The fourth-order valence-electron chi connectivity index (χ4n) is 8.40. The minimum absolute atomic E-state index is 0.867. The van der Waals surface area contributed by atoms with Crippen LogP contribution in [0.2, 0.25) is 0 Å². The van der Waals surface area contributed by atoms with E-state index in [9.17, 15) is 0 Å². The Hall–Kier alpha value is -6.94. The minimum atomic E-state index is 0.867. The maximum absolute atomic E-state index is 6.45. The van der Waals surface area contributed by atoms with Gasteiger partial charge in [-0.1, -0.05) is 146 Å². The normalized spacial score (nSPS) is 11.6. The molecule has 2 heterocycles. The predicted molar refractivity (Wildman–Crippen MR) is 235 cm³/mol. The molecule has 0 radical (unpaired) electrons. The van der Waals surface area contributed by atoms with Crippen molar-refractivity contribution in [3.8, 4) is 33.4 Å². The van der Waals surface area contributed by atoms with Crippen LogP contribution in [0.25, 0.3) is 86.3 Å². The zero-order valence-electron chi connectivity index (χ0n) is 29.8. The molecule has 9 aromatic carbocycles. The van der Waals surface area contributed by atoms with Crippen molar-refractivity contribution in [1.29, 1.82) is 0 Å². The van der Waals surface area contributed by atoms with Crippen molar-refractivity contribution in [2.75, 3.05) is 4.90 Å². The summed E-state index contributed by atoms with van der Waals surface area (Å²) < 4.78 is 9.07. The highest BCUT2D eigenvalue weighted by atomic mass is 32.1. The van der Waals surface area contributed by atoms with E-state index < -0.39 is 0 Å². The van der Waals surface area contributed by atoms with Gasteiger partial charge >= 0.3 is 0 Å². The van der Waals surface area contributed by atoms with Gasteiger partial charge in [-0.25, -0.2) is 0 Å². The topological polar surface area (TPSA) is 16.4 Å². The Kier molecular flexibility index (Phi) is 7.39. The molecule has 0 N–H and O–H groups in total.